The van der Waals surface area contributed by atoms with Crippen molar-refractivity contribution >= 4 is 35.6 Å². The fourth-order valence-corrected chi connectivity index (χ4v) is 1.36. The maximum absolute atomic E-state index is 12.2. The fourth-order valence-electron chi connectivity index (χ4n) is 1.36. The molecule has 0 aliphatic carbocycles. The van der Waals surface area contributed by atoms with Gasteiger partial charge in [-0.05, 0) is 10.0 Å². The molecule has 1 aromatic carbocycles. The highest BCUT2D eigenvalue weighted by Crippen LogP contribution is 2.13. The molecule has 1 aromatic rings. The normalized spacial score (nSPS) is 9.43. The summed E-state index contributed by atoms with van der Waals surface area (Å²) in [5, 5.41) is 3.32. The first kappa shape index (κ1) is 15.9. The Morgan fingerprint density at radius 1 is 1.19 bits per heavy atom. The fraction of sp³-hybridized carbons (Fsp3) is 0.143. The van der Waals surface area contributed by atoms with E-state index in [1.165, 1.54) is 25.0 Å². The van der Waals surface area contributed by atoms with Crippen LogP contribution in [0, 0.1) is 0 Å². The van der Waals surface area contributed by atoms with Gasteiger partial charge in [-0.25, -0.2) is 10.2 Å². The van der Waals surface area contributed by atoms with Crippen LogP contribution in [0.2, 0.25) is 0 Å². The Kier molecular flexibility index (Phi) is 5.65. The molecule has 0 spiro atoms. The van der Waals surface area contributed by atoms with Gasteiger partial charge in [0.2, 0.25) is 5.91 Å². The number of amides is 3. The summed E-state index contributed by atoms with van der Waals surface area (Å²) in [5.74, 6) is -0.629. The number of benzene rings is 1. The standard InChI is InChI=1S/C14H11N3O4/c1-10(19)16-15-9-17(11(2)20)14(21)13(8-18)12-6-4-3-5-7-12/h3-7H,1-2H3/p+1. The molecule has 0 radical (unpaired) electrons. The van der Waals surface area contributed by atoms with Crippen LogP contribution in [-0.4, -0.2) is 34.9 Å². The number of carbonyl (C=O) groups excluding carboxylic acids is 4. The molecule has 0 aromatic heterocycles. The van der Waals surface area contributed by atoms with Crippen LogP contribution in [0.4, 0.5) is 0 Å². The summed E-state index contributed by atoms with van der Waals surface area (Å²) in [7, 11) is 0. The lowest BCUT2D eigenvalue weighted by molar-refractivity contribution is -0.134. The van der Waals surface area contributed by atoms with E-state index in [-0.39, 0.29) is 5.57 Å². The molecule has 0 aliphatic heterocycles. The molecular weight excluding hydrogens is 274 g/mol. The van der Waals surface area contributed by atoms with E-state index in [2.05, 4.69) is 11.4 Å². The summed E-state index contributed by atoms with van der Waals surface area (Å²) in [4.78, 5) is 45.8. The lowest BCUT2D eigenvalue weighted by atomic mass is 10.1. The lowest BCUT2D eigenvalue weighted by Gasteiger charge is -2.02. The van der Waals surface area contributed by atoms with E-state index in [9.17, 15) is 19.2 Å². The Bertz CT molecular complexity index is 631. The number of hydrazone groups is 1. The van der Waals surface area contributed by atoms with Crippen molar-refractivity contribution < 1.29 is 19.2 Å². The van der Waals surface area contributed by atoms with Crippen LogP contribution in [0.3, 0.4) is 0 Å². The van der Waals surface area contributed by atoms with Crippen molar-refractivity contribution in [2.75, 3.05) is 0 Å². The third-order valence-corrected chi connectivity index (χ3v) is 2.26. The summed E-state index contributed by atoms with van der Waals surface area (Å²) >= 11 is 0. The Balaban J connectivity index is 3.05. The largest absolute Gasteiger partial charge is 0.392 e. The van der Waals surface area contributed by atoms with E-state index in [4.69, 9.17) is 0 Å². The molecular formula is C14H12N3O4+. The van der Waals surface area contributed by atoms with Crippen molar-refractivity contribution in [3.05, 3.63) is 35.9 Å². The SMILES string of the molecule is CC(=O)NN=[C+]N(C(C)=O)C(=O)C(=C=O)c1ccccc1. The van der Waals surface area contributed by atoms with Crippen molar-refractivity contribution in [3.8, 4) is 0 Å². The van der Waals surface area contributed by atoms with Gasteiger partial charge >= 0.3 is 11.8 Å². The quantitative estimate of drug-likeness (QED) is 0.163. The van der Waals surface area contributed by atoms with Crippen LogP contribution < -0.4 is 5.43 Å². The first-order valence-electron chi connectivity index (χ1n) is 5.85. The number of hydrogen-bond acceptors (Lipinski definition) is 5. The molecule has 106 valence electrons. The van der Waals surface area contributed by atoms with Gasteiger partial charge in [0.15, 0.2) is 11.5 Å². The Hall–Kier alpha value is -3.14. The lowest BCUT2D eigenvalue weighted by Crippen LogP contribution is -2.35. The zero-order valence-corrected chi connectivity index (χ0v) is 11.4. The zero-order chi connectivity index (χ0) is 15.8. The van der Waals surface area contributed by atoms with Gasteiger partial charge in [-0.1, -0.05) is 30.3 Å². The summed E-state index contributed by atoms with van der Waals surface area (Å²) in [6, 6.07) is 8.03. The third kappa shape index (κ3) is 4.47. The summed E-state index contributed by atoms with van der Waals surface area (Å²) < 4.78 is 0. The second-order valence-corrected chi connectivity index (χ2v) is 3.88. The van der Waals surface area contributed by atoms with Gasteiger partial charge in [0.1, 0.15) is 0 Å². The number of hydrogen-bond donors (Lipinski definition) is 1. The predicted molar refractivity (Wildman–Crippen MR) is 74.3 cm³/mol. The van der Waals surface area contributed by atoms with E-state index in [0.717, 1.165) is 6.92 Å². The van der Waals surface area contributed by atoms with E-state index >= 15 is 0 Å². The molecule has 3 amide bonds. The maximum atomic E-state index is 12.2. The molecule has 0 saturated heterocycles. The zero-order valence-electron chi connectivity index (χ0n) is 11.4. The topological polar surface area (TPSA) is 95.9 Å². The summed E-state index contributed by atoms with van der Waals surface area (Å²) in [6.07, 6.45) is 2.06. The van der Waals surface area contributed by atoms with Crippen molar-refractivity contribution in [3.63, 3.8) is 0 Å². The Morgan fingerprint density at radius 2 is 1.81 bits per heavy atom. The molecule has 0 fully saturated rings. The maximum Gasteiger partial charge on any atom is 0.392 e. The molecule has 1 rings (SSSR count). The van der Waals surface area contributed by atoms with Crippen molar-refractivity contribution in [1.29, 1.82) is 0 Å². The summed E-state index contributed by atoms with van der Waals surface area (Å²) in [5.41, 5.74) is 1.98. The molecule has 0 bridgehead atoms. The van der Waals surface area contributed by atoms with Gasteiger partial charge in [-0.3, -0.25) is 4.79 Å². The van der Waals surface area contributed by atoms with Crippen LogP contribution >= 0.6 is 0 Å². The van der Waals surface area contributed by atoms with Gasteiger partial charge in [0.05, 0.1) is 6.92 Å². The second kappa shape index (κ2) is 7.45. The molecule has 0 aliphatic rings. The van der Waals surface area contributed by atoms with Gasteiger partial charge < -0.3 is 0 Å². The minimum Gasteiger partial charge on any atom is -0.273 e. The molecule has 0 unspecified atom stereocenters. The van der Waals surface area contributed by atoms with Gasteiger partial charge in [-0.15, -0.1) is 0 Å². The highest BCUT2D eigenvalue weighted by Gasteiger charge is 2.34. The highest BCUT2D eigenvalue weighted by atomic mass is 16.2. The molecule has 7 nitrogen and oxygen atoms in total. The first-order chi connectivity index (χ1) is 9.97. The third-order valence-electron chi connectivity index (χ3n) is 2.26. The van der Waals surface area contributed by atoms with Gasteiger partial charge in [0, 0.05) is 12.5 Å². The monoisotopic (exact) mass is 286 g/mol. The van der Waals surface area contributed by atoms with E-state index < -0.39 is 17.7 Å². The molecule has 7 heteroatoms. The molecule has 0 atom stereocenters. The average Bonchev–Trinajstić information content (AvgIpc) is 2.44. The molecule has 0 heterocycles. The van der Waals surface area contributed by atoms with E-state index in [1.807, 2.05) is 5.43 Å². The Morgan fingerprint density at radius 3 is 2.29 bits per heavy atom. The van der Waals surface area contributed by atoms with Gasteiger partial charge in [0.25, 0.3) is 6.34 Å². The number of imide groups is 1. The van der Waals surface area contributed by atoms with E-state index in [1.54, 1.807) is 18.2 Å². The van der Waals surface area contributed by atoms with Crippen molar-refractivity contribution in [1.82, 2.24) is 10.3 Å². The van der Waals surface area contributed by atoms with Crippen molar-refractivity contribution in [2.45, 2.75) is 13.8 Å². The predicted octanol–water partition coefficient (Wildman–Crippen LogP) is 0.233. The number of carbonyl (C=O) groups is 3. The molecule has 0 saturated carbocycles. The smallest absolute Gasteiger partial charge is 0.273 e. The van der Waals surface area contributed by atoms with Gasteiger partial charge in [-0.2, -0.15) is 9.59 Å². The van der Waals surface area contributed by atoms with E-state index in [0.29, 0.717) is 10.5 Å². The number of rotatable bonds is 4. The number of nitrogens with one attached hydrogen (secondary N) is 1. The van der Waals surface area contributed by atoms with Crippen LogP contribution in [0.15, 0.2) is 35.4 Å². The van der Waals surface area contributed by atoms with Crippen LogP contribution in [-0.2, 0) is 19.2 Å². The number of nitrogens with zero attached hydrogens (tertiary/aromatic N) is 2. The van der Waals surface area contributed by atoms with Crippen molar-refractivity contribution in [2.24, 2.45) is 5.10 Å². The Labute approximate surface area is 120 Å². The first-order valence-corrected chi connectivity index (χ1v) is 5.85. The molecule has 1 N–H and O–H groups in total. The average molecular weight is 286 g/mol. The minimum atomic E-state index is -0.933. The minimum absolute atomic E-state index is 0.310. The van der Waals surface area contributed by atoms with Crippen LogP contribution in [0.5, 0.6) is 0 Å². The molecule has 21 heavy (non-hydrogen) atoms. The van der Waals surface area contributed by atoms with Crippen LogP contribution in [0.1, 0.15) is 19.4 Å². The summed E-state index contributed by atoms with van der Waals surface area (Å²) in [6.45, 7) is 2.30. The second-order valence-electron chi connectivity index (χ2n) is 3.88. The van der Waals surface area contributed by atoms with Crippen LogP contribution in [0.25, 0.3) is 5.57 Å². The highest BCUT2D eigenvalue weighted by molar-refractivity contribution is 6.33.